The number of aliphatic hydroxyl groups excluding tert-OH is 4. The Bertz CT molecular complexity index is 1970. The van der Waals surface area contributed by atoms with Gasteiger partial charge in [-0.15, -0.1) is 0 Å². The maximum Gasteiger partial charge on any atom is 0.229 e. The van der Waals surface area contributed by atoms with Crippen LogP contribution in [0.15, 0.2) is 56.1 Å². The van der Waals surface area contributed by atoms with Gasteiger partial charge in [-0.05, 0) is 30.3 Å². The van der Waals surface area contributed by atoms with Crippen LogP contribution >= 0.6 is 0 Å². The normalized spacial score (nSPS) is 21.0. The smallest absolute Gasteiger partial charge is 0.229 e. The van der Waals surface area contributed by atoms with E-state index in [1.165, 1.54) is 70.9 Å². The lowest BCUT2D eigenvalue weighted by Gasteiger charge is -2.39. The van der Waals surface area contributed by atoms with Gasteiger partial charge in [0, 0.05) is 28.6 Å². The first-order valence-corrected chi connectivity index (χ1v) is 14.5. The quantitative estimate of drug-likeness (QED) is 0.133. The number of hydrogen-bond acceptors (Lipinski definition) is 15. The zero-order valence-corrected chi connectivity index (χ0v) is 26.0. The molecule has 0 bridgehead atoms. The van der Waals surface area contributed by atoms with Gasteiger partial charge in [-0.3, -0.25) is 4.79 Å². The Balaban J connectivity index is 1.69. The minimum Gasteiger partial charge on any atom is -0.502 e. The number of hydrogen-bond donors (Lipinski definition) is 6. The molecule has 3 aromatic carbocycles. The summed E-state index contributed by atoms with van der Waals surface area (Å²) in [5.74, 6) is -0.492. The van der Waals surface area contributed by atoms with Crippen LogP contribution in [-0.2, 0) is 4.74 Å². The molecule has 0 aliphatic carbocycles. The van der Waals surface area contributed by atoms with E-state index in [1.54, 1.807) is 0 Å². The number of phenols is 2. The Morgan fingerprint density at radius 1 is 0.688 bits per heavy atom. The van der Waals surface area contributed by atoms with Gasteiger partial charge in [0.05, 0.1) is 40.4 Å². The number of aliphatic hydroxyl groups is 4. The lowest BCUT2D eigenvalue weighted by atomic mass is 9.99. The molecule has 1 fully saturated rings. The third kappa shape index (κ3) is 5.46. The van der Waals surface area contributed by atoms with Crippen molar-refractivity contribution >= 4 is 21.9 Å². The van der Waals surface area contributed by atoms with Gasteiger partial charge in [-0.1, -0.05) is 0 Å². The van der Waals surface area contributed by atoms with Crippen LogP contribution in [0.1, 0.15) is 0 Å². The van der Waals surface area contributed by atoms with Crippen molar-refractivity contribution in [1.29, 1.82) is 0 Å². The zero-order valence-electron chi connectivity index (χ0n) is 26.0. The van der Waals surface area contributed by atoms with Crippen LogP contribution in [0.5, 0.6) is 40.2 Å². The van der Waals surface area contributed by atoms with Crippen LogP contribution in [-0.4, -0.2) is 96.4 Å². The number of ether oxygens (including phenoxy) is 6. The number of methoxy groups -OCH3 is 4. The van der Waals surface area contributed by atoms with Crippen molar-refractivity contribution in [2.75, 3.05) is 35.0 Å². The third-order valence-corrected chi connectivity index (χ3v) is 8.06. The molecule has 2 aromatic heterocycles. The molecule has 254 valence electrons. The maximum absolute atomic E-state index is 12.9. The van der Waals surface area contributed by atoms with Gasteiger partial charge >= 0.3 is 0 Å². The summed E-state index contributed by atoms with van der Waals surface area (Å²) in [4.78, 5) is 12.9. The molecule has 0 spiro atoms. The van der Waals surface area contributed by atoms with E-state index in [1.807, 2.05) is 0 Å². The minimum atomic E-state index is -1.81. The summed E-state index contributed by atoms with van der Waals surface area (Å²) in [6, 6.07) is 9.79. The highest BCUT2D eigenvalue weighted by Gasteiger charge is 2.45. The van der Waals surface area contributed by atoms with E-state index in [0.717, 1.165) is 0 Å². The van der Waals surface area contributed by atoms with E-state index < -0.39 is 42.7 Å². The van der Waals surface area contributed by atoms with Crippen molar-refractivity contribution in [3.8, 4) is 62.9 Å². The second-order valence-corrected chi connectivity index (χ2v) is 10.9. The Labute approximate surface area is 271 Å². The largest absolute Gasteiger partial charge is 0.502 e. The van der Waals surface area contributed by atoms with Crippen molar-refractivity contribution in [2.24, 2.45) is 0 Å². The number of rotatable bonds is 9. The Kier molecular flexibility index (Phi) is 8.72. The van der Waals surface area contributed by atoms with Crippen LogP contribution in [0.3, 0.4) is 0 Å². The van der Waals surface area contributed by atoms with Crippen LogP contribution < -0.4 is 29.1 Å². The Morgan fingerprint density at radius 3 is 1.73 bits per heavy atom. The predicted molar refractivity (Wildman–Crippen MR) is 167 cm³/mol. The molecule has 6 rings (SSSR count). The predicted octanol–water partition coefficient (Wildman–Crippen LogP) is 2.50. The van der Waals surface area contributed by atoms with Gasteiger partial charge in [0.1, 0.15) is 41.3 Å². The lowest BCUT2D eigenvalue weighted by molar-refractivity contribution is -0.277. The van der Waals surface area contributed by atoms with Crippen LogP contribution in [0, 0.1) is 0 Å². The monoisotopic (exact) mass is 668 g/mol. The average Bonchev–Trinajstić information content (AvgIpc) is 3.09. The first-order chi connectivity index (χ1) is 23.0. The fraction of sp³-hybridized carbons (Fsp3) is 0.303. The molecule has 0 radical (unpaired) electrons. The zero-order chi connectivity index (χ0) is 34.4. The standard InChI is InChI=1S/C33H32O15/c1-41-20-5-13(6-21(42-2)26(20)36)17-11-16-25-18(45-17)9-15(35)10-19(25)46-31(14-7-22(43-3)27(37)23(8-14)44-4)32(16)48-33-30(40)29(39)28(38)24(12-34)47-33/h5-11,24,28-30,33-34,36-40H,12H2,1-4H3/t24-,28-,29?,30?,33+/m1/s1. The highest BCUT2D eigenvalue weighted by atomic mass is 16.7. The molecule has 2 unspecified atom stereocenters. The molecule has 1 aliphatic heterocycles. The molecule has 0 saturated carbocycles. The second-order valence-electron chi connectivity index (χ2n) is 10.9. The SMILES string of the molecule is COc1cc(-c2cc3c(O[C@@H]4O[C@H](CO)[C@@H](O)C(O)C4O)c(-c4cc(OC)c(O)c(OC)c4)oc4cc(=O)cc(o2)c43)cc(OC)c1O. The van der Waals surface area contributed by atoms with E-state index in [4.69, 9.17) is 37.3 Å². The first kappa shape index (κ1) is 32.7. The number of benzene rings is 3. The number of phenolic OH excluding ortho intramolecular Hbond substituents is 2. The summed E-state index contributed by atoms with van der Waals surface area (Å²) < 4.78 is 45.7. The first-order valence-electron chi connectivity index (χ1n) is 14.5. The van der Waals surface area contributed by atoms with Gasteiger partial charge in [-0.2, -0.15) is 0 Å². The van der Waals surface area contributed by atoms with E-state index in [9.17, 15) is 35.4 Å². The van der Waals surface area contributed by atoms with E-state index in [-0.39, 0.29) is 79.3 Å². The van der Waals surface area contributed by atoms with Crippen molar-refractivity contribution in [3.63, 3.8) is 0 Å². The Morgan fingerprint density at radius 2 is 1.21 bits per heavy atom. The lowest BCUT2D eigenvalue weighted by Crippen LogP contribution is -2.60. The van der Waals surface area contributed by atoms with Crippen LogP contribution in [0.2, 0.25) is 0 Å². The fourth-order valence-corrected chi connectivity index (χ4v) is 5.59. The maximum atomic E-state index is 12.9. The van der Waals surface area contributed by atoms with E-state index in [0.29, 0.717) is 5.56 Å². The van der Waals surface area contributed by atoms with Gasteiger partial charge in [0.15, 0.2) is 39.9 Å². The van der Waals surface area contributed by atoms with Crippen LogP contribution in [0.4, 0.5) is 0 Å². The van der Waals surface area contributed by atoms with E-state index in [2.05, 4.69) is 0 Å². The van der Waals surface area contributed by atoms with Gasteiger partial charge in [0.25, 0.3) is 0 Å². The Hall–Kier alpha value is -5.19. The average molecular weight is 669 g/mol. The molecule has 3 heterocycles. The molecule has 0 amide bonds. The summed E-state index contributed by atoms with van der Waals surface area (Å²) in [5.41, 5.74) is 0.220. The fourth-order valence-electron chi connectivity index (χ4n) is 5.59. The summed E-state index contributed by atoms with van der Waals surface area (Å²) in [6.07, 6.45) is -8.20. The molecule has 48 heavy (non-hydrogen) atoms. The van der Waals surface area contributed by atoms with Crippen molar-refractivity contribution in [3.05, 3.63) is 52.7 Å². The highest BCUT2D eigenvalue weighted by Crippen LogP contribution is 2.48. The van der Waals surface area contributed by atoms with Crippen molar-refractivity contribution in [2.45, 2.75) is 30.7 Å². The van der Waals surface area contributed by atoms with Crippen molar-refractivity contribution in [1.82, 2.24) is 0 Å². The molecule has 5 atom stereocenters. The van der Waals surface area contributed by atoms with Crippen molar-refractivity contribution < 1.29 is 67.9 Å². The van der Waals surface area contributed by atoms with Gasteiger partial charge in [-0.25, -0.2) is 0 Å². The van der Waals surface area contributed by atoms with Gasteiger partial charge in [0.2, 0.25) is 17.8 Å². The molecule has 6 N–H and O–H groups in total. The highest BCUT2D eigenvalue weighted by molar-refractivity contribution is 6.10. The summed E-state index contributed by atoms with van der Waals surface area (Å²) >= 11 is 0. The number of aromatic hydroxyl groups is 2. The summed E-state index contributed by atoms with van der Waals surface area (Å²) in [6.45, 7) is -0.711. The minimum absolute atomic E-state index is 0.00630. The molecular formula is C33H32O15. The topological polar surface area (TPSA) is 220 Å². The van der Waals surface area contributed by atoms with Crippen LogP contribution in [0.25, 0.3) is 44.6 Å². The molecule has 15 heteroatoms. The molecular weight excluding hydrogens is 636 g/mol. The molecule has 5 aromatic rings. The van der Waals surface area contributed by atoms with E-state index >= 15 is 0 Å². The second kappa shape index (κ2) is 12.8. The molecule has 1 saturated heterocycles. The molecule has 15 nitrogen and oxygen atoms in total. The van der Waals surface area contributed by atoms with Gasteiger partial charge < -0.3 is 67.9 Å². The summed E-state index contributed by atoms with van der Waals surface area (Å²) in [7, 11) is 5.37. The third-order valence-electron chi connectivity index (χ3n) is 8.06. The molecule has 1 aliphatic rings. The summed E-state index contributed by atoms with van der Waals surface area (Å²) in [5, 5.41) is 63.3.